The van der Waals surface area contributed by atoms with E-state index in [1.807, 2.05) is 0 Å². The third kappa shape index (κ3) is 3.38. The molecule has 23 heavy (non-hydrogen) atoms. The van der Waals surface area contributed by atoms with Crippen LogP contribution in [0.1, 0.15) is 51.9 Å². The van der Waals surface area contributed by atoms with Crippen LogP contribution in [-0.2, 0) is 14.3 Å². The van der Waals surface area contributed by atoms with Gasteiger partial charge in [0, 0.05) is 18.8 Å². The van der Waals surface area contributed by atoms with Gasteiger partial charge in [0.05, 0.1) is 12.7 Å². The molecule has 1 saturated heterocycles. The molecule has 1 atom stereocenters. The normalized spacial score (nSPS) is 15.4. The molecule has 0 radical (unpaired) electrons. The van der Waals surface area contributed by atoms with Crippen molar-refractivity contribution >= 4 is 17.8 Å². The zero-order chi connectivity index (χ0) is 17.1. The van der Waals surface area contributed by atoms with Crippen LogP contribution in [0.25, 0.3) is 0 Å². The highest BCUT2D eigenvalue weighted by atomic mass is 16.5. The molecular weight excluding hydrogens is 300 g/mol. The summed E-state index contributed by atoms with van der Waals surface area (Å²) in [7, 11) is 1.28. The number of aromatic amines is 1. The highest BCUT2D eigenvalue weighted by Crippen LogP contribution is 2.20. The number of amides is 1. The highest BCUT2D eigenvalue weighted by molar-refractivity contribution is 5.99. The molecule has 0 unspecified atom stereocenters. The summed E-state index contributed by atoms with van der Waals surface area (Å²) in [6.07, 6.45) is 1.10. The number of hydrogen-bond donors (Lipinski definition) is 1. The second kappa shape index (κ2) is 6.85. The number of ether oxygens (including phenoxy) is 2. The monoisotopic (exact) mass is 322 g/mol. The van der Waals surface area contributed by atoms with E-state index in [0.717, 1.165) is 12.8 Å². The van der Waals surface area contributed by atoms with Crippen molar-refractivity contribution in [1.29, 1.82) is 0 Å². The molecule has 1 aromatic heterocycles. The van der Waals surface area contributed by atoms with Crippen LogP contribution < -0.4 is 0 Å². The first-order valence-electron chi connectivity index (χ1n) is 7.64. The minimum absolute atomic E-state index is 0.170. The Morgan fingerprint density at radius 1 is 1.13 bits per heavy atom. The molecule has 0 saturated carbocycles. The summed E-state index contributed by atoms with van der Waals surface area (Å²) in [6.45, 7) is 6.28. The molecule has 2 rings (SSSR count). The molecule has 1 aliphatic heterocycles. The summed E-state index contributed by atoms with van der Waals surface area (Å²) in [6, 6.07) is 0. The summed E-state index contributed by atoms with van der Waals surface area (Å²) in [5.41, 5.74) is 1.47. The summed E-state index contributed by atoms with van der Waals surface area (Å²) >= 11 is 0. The number of rotatable bonds is 4. The lowest BCUT2D eigenvalue weighted by molar-refractivity contribution is -0.138. The number of nitrogens with zero attached hydrogens (tertiary/aromatic N) is 1. The van der Waals surface area contributed by atoms with Crippen LogP contribution in [0, 0.1) is 13.8 Å². The summed E-state index contributed by atoms with van der Waals surface area (Å²) in [4.78, 5) is 40.8. The predicted octanol–water partition coefficient (Wildman–Crippen LogP) is 1.59. The molecule has 7 heteroatoms. The Kier molecular flexibility index (Phi) is 5.08. The number of nitrogens with one attached hydrogen (secondary N) is 1. The first kappa shape index (κ1) is 17.1. The van der Waals surface area contributed by atoms with Gasteiger partial charge < -0.3 is 19.4 Å². The summed E-state index contributed by atoms with van der Waals surface area (Å²) < 4.78 is 9.97. The quantitative estimate of drug-likeness (QED) is 0.850. The smallest absolute Gasteiger partial charge is 0.355 e. The maximum Gasteiger partial charge on any atom is 0.355 e. The number of esters is 2. The number of hydrogen-bond acceptors (Lipinski definition) is 5. The van der Waals surface area contributed by atoms with Gasteiger partial charge in [0.15, 0.2) is 6.10 Å². The van der Waals surface area contributed by atoms with Gasteiger partial charge in [0.25, 0.3) is 5.91 Å². The van der Waals surface area contributed by atoms with Gasteiger partial charge in [0.1, 0.15) is 5.69 Å². The van der Waals surface area contributed by atoms with E-state index in [1.165, 1.54) is 7.11 Å². The lowest BCUT2D eigenvalue weighted by Crippen LogP contribution is -2.38. The van der Waals surface area contributed by atoms with Crippen LogP contribution in [-0.4, -0.2) is 54.0 Å². The van der Waals surface area contributed by atoms with Crippen LogP contribution >= 0.6 is 0 Å². The Labute approximate surface area is 134 Å². The molecule has 126 valence electrons. The van der Waals surface area contributed by atoms with Gasteiger partial charge in [-0.1, -0.05) is 0 Å². The van der Waals surface area contributed by atoms with Crippen molar-refractivity contribution in [3.8, 4) is 0 Å². The molecule has 1 fully saturated rings. The Morgan fingerprint density at radius 3 is 2.30 bits per heavy atom. The molecule has 0 bridgehead atoms. The minimum Gasteiger partial charge on any atom is -0.465 e. The van der Waals surface area contributed by atoms with E-state index in [4.69, 9.17) is 9.47 Å². The Morgan fingerprint density at radius 2 is 1.74 bits per heavy atom. The minimum atomic E-state index is -0.856. The van der Waals surface area contributed by atoms with Crippen LogP contribution in [0.4, 0.5) is 0 Å². The van der Waals surface area contributed by atoms with E-state index in [-0.39, 0.29) is 11.6 Å². The SMILES string of the molecule is COC(=O)c1c(C)[nH]c(C(=O)O[C@H](C)C(=O)N2CCCC2)c1C. The van der Waals surface area contributed by atoms with Crippen molar-refractivity contribution in [2.24, 2.45) is 0 Å². The molecule has 1 amide bonds. The summed E-state index contributed by atoms with van der Waals surface area (Å²) in [5, 5.41) is 0. The third-order valence-corrected chi connectivity index (χ3v) is 4.08. The number of carbonyl (C=O) groups excluding carboxylic acids is 3. The largest absolute Gasteiger partial charge is 0.465 e. The van der Waals surface area contributed by atoms with Crippen molar-refractivity contribution in [1.82, 2.24) is 9.88 Å². The topological polar surface area (TPSA) is 88.7 Å². The average molecular weight is 322 g/mol. The number of methoxy groups -OCH3 is 1. The maximum absolute atomic E-state index is 12.3. The van der Waals surface area contributed by atoms with Crippen molar-refractivity contribution < 1.29 is 23.9 Å². The van der Waals surface area contributed by atoms with Crippen LogP contribution in [0.15, 0.2) is 0 Å². The number of carbonyl (C=O) groups is 3. The van der Waals surface area contributed by atoms with Crippen LogP contribution in [0.2, 0.25) is 0 Å². The average Bonchev–Trinajstić information content (AvgIpc) is 3.14. The lowest BCUT2D eigenvalue weighted by Gasteiger charge is -2.20. The van der Waals surface area contributed by atoms with E-state index in [9.17, 15) is 14.4 Å². The Bertz CT molecular complexity index is 629. The fourth-order valence-electron chi connectivity index (χ4n) is 2.83. The molecule has 7 nitrogen and oxygen atoms in total. The van der Waals surface area contributed by atoms with Crippen LogP contribution in [0.3, 0.4) is 0 Å². The van der Waals surface area contributed by atoms with Gasteiger partial charge in [-0.2, -0.15) is 0 Å². The van der Waals surface area contributed by atoms with Crippen molar-refractivity contribution in [3.63, 3.8) is 0 Å². The molecular formula is C16H22N2O5. The summed E-state index contributed by atoms with van der Waals surface area (Å²) in [5.74, 6) is -1.36. The van der Waals surface area contributed by atoms with Crippen molar-refractivity contribution in [3.05, 3.63) is 22.5 Å². The highest BCUT2D eigenvalue weighted by Gasteiger charge is 2.29. The Hall–Kier alpha value is -2.31. The molecule has 1 N–H and O–H groups in total. The molecule has 0 spiro atoms. The fraction of sp³-hybridized carbons (Fsp3) is 0.562. The number of likely N-dealkylation sites (tertiary alicyclic amines) is 1. The standard InChI is InChI=1S/C16H22N2O5/c1-9-12(15(20)22-4)10(2)17-13(9)16(21)23-11(3)14(19)18-7-5-6-8-18/h11,17H,5-8H2,1-4H3/t11-/m1/s1. The first-order valence-corrected chi connectivity index (χ1v) is 7.64. The lowest BCUT2D eigenvalue weighted by atomic mass is 10.1. The van der Waals surface area contributed by atoms with Crippen molar-refractivity contribution in [2.45, 2.75) is 39.7 Å². The van der Waals surface area contributed by atoms with Gasteiger partial charge in [-0.25, -0.2) is 9.59 Å². The van der Waals surface area contributed by atoms with Gasteiger partial charge in [-0.15, -0.1) is 0 Å². The number of aryl methyl sites for hydroxylation is 1. The second-order valence-electron chi connectivity index (χ2n) is 5.70. The number of H-pyrrole nitrogens is 1. The predicted molar refractivity (Wildman–Crippen MR) is 82.3 cm³/mol. The molecule has 0 aliphatic carbocycles. The maximum atomic E-state index is 12.3. The van der Waals surface area contributed by atoms with E-state index in [2.05, 4.69) is 4.98 Å². The van der Waals surface area contributed by atoms with Gasteiger partial charge in [-0.05, 0) is 39.2 Å². The van der Waals surface area contributed by atoms with Gasteiger partial charge >= 0.3 is 11.9 Å². The van der Waals surface area contributed by atoms with Crippen molar-refractivity contribution in [2.75, 3.05) is 20.2 Å². The molecule has 2 heterocycles. The van der Waals surface area contributed by atoms with Gasteiger partial charge in [-0.3, -0.25) is 4.79 Å². The second-order valence-corrected chi connectivity index (χ2v) is 5.70. The zero-order valence-corrected chi connectivity index (χ0v) is 13.9. The molecule has 1 aliphatic rings. The Balaban J connectivity index is 2.11. The fourth-order valence-corrected chi connectivity index (χ4v) is 2.83. The van der Waals surface area contributed by atoms with E-state index < -0.39 is 18.0 Å². The first-order chi connectivity index (χ1) is 10.9. The van der Waals surface area contributed by atoms with E-state index in [0.29, 0.717) is 29.9 Å². The third-order valence-electron chi connectivity index (χ3n) is 4.08. The van der Waals surface area contributed by atoms with Crippen LogP contribution in [0.5, 0.6) is 0 Å². The molecule has 1 aromatic rings. The van der Waals surface area contributed by atoms with E-state index >= 15 is 0 Å². The number of aromatic nitrogens is 1. The molecule has 0 aromatic carbocycles. The van der Waals surface area contributed by atoms with Gasteiger partial charge in [0.2, 0.25) is 0 Å². The van der Waals surface area contributed by atoms with E-state index in [1.54, 1.807) is 25.7 Å². The zero-order valence-electron chi connectivity index (χ0n) is 13.9.